The minimum Gasteiger partial charge on any atom is -0.480 e. The molecule has 1 heterocycles. The summed E-state index contributed by atoms with van der Waals surface area (Å²) in [4.78, 5) is 17.5. The molecule has 1 aromatic heterocycles. The number of carboxylic acids is 1. The minimum atomic E-state index is -0.807. The van der Waals surface area contributed by atoms with Gasteiger partial charge in [-0.05, 0) is 25.3 Å². The first kappa shape index (κ1) is 17.6. The van der Waals surface area contributed by atoms with E-state index < -0.39 is 5.97 Å². The Bertz CT molecular complexity index is 647. The lowest BCUT2D eigenvalue weighted by atomic mass is 10.0. The monoisotopic (exact) mass is 332 g/mol. The third-order valence-corrected chi connectivity index (χ3v) is 4.75. The van der Waals surface area contributed by atoms with E-state index in [9.17, 15) is 4.79 Å². The number of nitrogens with zero attached hydrogens (tertiary/aromatic N) is 2. The average molecular weight is 332 g/mol. The van der Waals surface area contributed by atoms with E-state index in [2.05, 4.69) is 43.1 Å². The largest absolute Gasteiger partial charge is 0.480 e. The van der Waals surface area contributed by atoms with E-state index >= 15 is 0 Å². The second kappa shape index (κ2) is 7.70. The summed E-state index contributed by atoms with van der Waals surface area (Å²) in [6, 6.07) is 8.67. The first-order valence-corrected chi connectivity index (χ1v) is 8.75. The van der Waals surface area contributed by atoms with Gasteiger partial charge in [-0.15, -0.1) is 11.3 Å². The van der Waals surface area contributed by atoms with Gasteiger partial charge in [-0.25, -0.2) is 4.98 Å². The third-order valence-electron chi connectivity index (χ3n) is 3.81. The highest BCUT2D eigenvalue weighted by atomic mass is 32.1. The van der Waals surface area contributed by atoms with Crippen molar-refractivity contribution in [3.63, 3.8) is 0 Å². The van der Waals surface area contributed by atoms with Crippen LogP contribution < -0.4 is 0 Å². The summed E-state index contributed by atoms with van der Waals surface area (Å²) in [5, 5.41) is 12.0. The normalized spacial score (nSPS) is 11.6. The number of aliphatic carboxylic acids is 1. The Balaban J connectivity index is 2.11. The summed E-state index contributed by atoms with van der Waals surface area (Å²) in [7, 11) is 0. The summed E-state index contributed by atoms with van der Waals surface area (Å²) in [6.45, 7) is 8.96. The van der Waals surface area contributed by atoms with Gasteiger partial charge in [-0.1, -0.05) is 38.1 Å². The van der Waals surface area contributed by atoms with Gasteiger partial charge >= 0.3 is 5.97 Å². The van der Waals surface area contributed by atoms with Crippen LogP contribution in [-0.4, -0.2) is 33.5 Å². The van der Waals surface area contributed by atoms with Crippen molar-refractivity contribution in [3.8, 4) is 10.6 Å². The standard InChI is InChI=1S/C18H24N2O2S/c1-12(2)14-5-7-15(8-6-14)18-19-16(11-23-18)9-20(13(3)4)10-17(21)22/h5-8,11-13H,9-10H2,1-4H3,(H,21,22). The zero-order valence-corrected chi connectivity index (χ0v) is 14.9. The fraction of sp³-hybridized carbons (Fsp3) is 0.444. The third kappa shape index (κ3) is 4.88. The van der Waals surface area contributed by atoms with Crippen LogP contribution in [0.25, 0.3) is 10.6 Å². The van der Waals surface area contributed by atoms with E-state index in [1.54, 1.807) is 11.3 Å². The highest BCUT2D eigenvalue weighted by Gasteiger charge is 2.15. The molecule has 1 N–H and O–H groups in total. The maximum absolute atomic E-state index is 11.0. The van der Waals surface area contributed by atoms with E-state index in [1.807, 2.05) is 24.1 Å². The van der Waals surface area contributed by atoms with Crippen molar-refractivity contribution in [1.29, 1.82) is 0 Å². The number of hydrogen-bond donors (Lipinski definition) is 1. The molecule has 0 saturated heterocycles. The quantitative estimate of drug-likeness (QED) is 0.824. The zero-order valence-electron chi connectivity index (χ0n) is 14.1. The summed E-state index contributed by atoms with van der Waals surface area (Å²) in [5.74, 6) is -0.287. The zero-order chi connectivity index (χ0) is 17.0. The molecule has 124 valence electrons. The molecule has 23 heavy (non-hydrogen) atoms. The smallest absolute Gasteiger partial charge is 0.317 e. The molecule has 0 spiro atoms. The summed E-state index contributed by atoms with van der Waals surface area (Å²) in [6.07, 6.45) is 0. The van der Waals surface area contributed by atoms with Crippen molar-refractivity contribution >= 4 is 17.3 Å². The molecule has 0 saturated carbocycles. The number of rotatable bonds is 7. The average Bonchev–Trinajstić information content (AvgIpc) is 2.94. The van der Waals surface area contributed by atoms with E-state index in [-0.39, 0.29) is 12.6 Å². The molecular weight excluding hydrogens is 308 g/mol. The lowest BCUT2D eigenvalue weighted by Gasteiger charge is -2.23. The second-order valence-electron chi connectivity index (χ2n) is 6.31. The van der Waals surface area contributed by atoms with E-state index in [0.29, 0.717) is 12.5 Å². The van der Waals surface area contributed by atoms with Gasteiger partial charge in [-0.3, -0.25) is 9.69 Å². The number of benzene rings is 1. The molecule has 0 amide bonds. The molecule has 0 aliphatic rings. The van der Waals surface area contributed by atoms with Gasteiger partial charge in [0.15, 0.2) is 0 Å². The Morgan fingerprint density at radius 2 is 1.87 bits per heavy atom. The Hall–Kier alpha value is -1.72. The number of hydrogen-bond acceptors (Lipinski definition) is 4. The molecule has 0 fully saturated rings. The van der Waals surface area contributed by atoms with Gasteiger partial charge in [0.1, 0.15) is 5.01 Å². The van der Waals surface area contributed by atoms with Gasteiger partial charge < -0.3 is 5.11 Å². The highest BCUT2D eigenvalue weighted by Crippen LogP contribution is 2.26. The van der Waals surface area contributed by atoms with Crippen molar-refractivity contribution in [2.24, 2.45) is 0 Å². The Labute approximate surface area is 141 Å². The summed E-state index contributed by atoms with van der Waals surface area (Å²) in [5.41, 5.74) is 3.35. The first-order valence-electron chi connectivity index (χ1n) is 7.87. The van der Waals surface area contributed by atoms with Crippen molar-refractivity contribution in [2.75, 3.05) is 6.54 Å². The van der Waals surface area contributed by atoms with Crippen molar-refractivity contribution in [2.45, 2.75) is 46.2 Å². The van der Waals surface area contributed by atoms with E-state index in [1.165, 1.54) is 5.56 Å². The number of carboxylic acid groups (broad SMARTS) is 1. The van der Waals surface area contributed by atoms with Crippen molar-refractivity contribution in [3.05, 3.63) is 40.9 Å². The summed E-state index contributed by atoms with van der Waals surface area (Å²) >= 11 is 1.60. The topological polar surface area (TPSA) is 53.4 Å². The molecule has 4 nitrogen and oxygen atoms in total. The van der Waals surface area contributed by atoms with Crippen LogP contribution in [0.1, 0.15) is 44.9 Å². The fourth-order valence-electron chi connectivity index (χ4n) is 2.33. The molecule has 0 radical (unpaired) electrons. The molecule has 0 aliphatic carbocycles. The predicted octanol–water partition coefficient (Wildman–Crippen LogP) is 4.23. The Morgan fingerprint density at radius 1 is 1.22 bits per heavy atom. The molecule has 1 aromatic carbocycles. The van der Waals surface area contributed by atoms with Crippen molar-refractivity contribution in [1.82, 2.24) is 9.88 Å². The molecule has 0 aliphatic heterocycles. The molecule has 2 rings (SSSR count). The molecular formula is C18H24N2O2S. The van der Waals surface area contributed by atoms with Gasteiger partial charge in [0.05, 0.1) is 12.2 Å². The first-order chi connectivity index (χ1) is 10.9. The lowest BCUT2D eigenvalue weighted by Crippen LogP contribution is -2.35. The fourth-order valence-corrected chi connectivity index (χ4v) is 3.14. The predicted molar refractivity (Wildman–Crippen MR) is 94.8 cm³/mol. The molecule has 2 aromatic rings. The Kier molecular flexibility index (Phi) is 5.91. The number of aromatic nitrogens is 1. The minimum absolute atomic E-state index is 0.0353. The molecule has 0 bridgehead atoms. The van der Waals surface area contributed by atoms with Crippen LogP contribution in [-0.2, 0) is 11.3 Å². The maximum atomic E-state index is 11.0. The van der Waals surface area contributed by atoms with Crippen LogP contribution in [0.4, 0.5) is 0 Å². The maximum Gasteiger partial charge on any atom is 0.317 e. The van der Waals surface area contributed by atoms with E-state index in [0.717, 1.165) is 16.3 Å². The summed E-state index contributed by atoms with van der Waals surface area (Å²) < 4.78 is 0. The van der Waals surface area contributed by atoms with Crippen LogP contribution in [0.15, 0.2) is 29.6 Å². The highest BCUT2D eigenvalue weighted by molar-refractivity contribution is 7.13. The van der Waals surface area contributed by atoms with E-state index in [4.69, 9.17) is 5.11 Å². The van der Waals surface area contributed by atoms with Gasteiger partial charge in [0, 0.05) is 23.5 Å². The van der Waals surface area contributed by atoms with Crippen LogP contribution in [0.3, 0.4) is 0 Å². The Morgan fingerprint density at radius 3 is 2.39 bits per heavy atom. The molecule has 0 atom stereocenters. The SMILES string of the molecule is CC(C)c1ccc(-c2nc(CN(CC(=O)O)C(C)C)cs2)cc1. The van der Waals surface area contributed by atoms with Crippen molar-refractivity contribution < 1.29 is 9.90 Å². The van der Waals surface area contributed by atoms with Crippen LogP contribution in [0, 0.1) is 0 Å². The van der Waals surface area contributed by atoms with Gasteiger partial charge in [0.25, 0.3) is 0 Å². The van der Waals surface area contributed by atoms with Crippen LogP contribution >= 0.6 is 11.3 Å². The second-order valence-corrected chi connectivity index (χ2v) is 7.17. The van der Waals surface area contributed by atoms with Gasteiger partial charge in [-0.2, -0.15) is 0 Å². The molecule has 0 unspecified atom stereocenters. The lowest BCUT2D eigenvalue weighted by molar-refractivity contribution is -0.138. The number of carbonyl (C=O) groups is 1. The molecule has 5 heteroatoms. The van der Waals surface area contributed by atoms with Gasteiger partial charge in [0.2, 0.25) is 0 Å². The van der Waals surface area contributed by atoms with Crippen LogP contribution in [0.2, 0.25) is 0 Å². The number of thiazole rings is 1. The van der Waals surface area contributed by atoms with Crippen LogP contribution in [0.5, 0.6) is 0 Å².